The first kappa shape index (κ1) is 9.66. The Balaban J connectivity index is 2.82. The lowest BCUT2D eigenvalue weighted by Crippen LogP contribution is -2.20. The van der Waals surface area contributed by atoms with E-state index in [0.29, 0.717) is 5.82 Å². The monoisotopic (exact) mass is 199 g/mol. The van der Waals surface area contributed by atoms with Crippen LogP contribution in [0.5, 0.6) is 0 Å². The largest absolute Gasteiger partial charge is 0.468 e. The van der Waals surface area contributed by atoms with E-state index in [1.54, 1.807) is 6.20 Å². The SMILES string of the molecule is COC(=O)Cn1ccnc1C(N)=S. The molecule has 70 valence electrons. The van der Waals surface area contributed by atoms with Gasteiger partial charge in [0, 0.05) is 12.4 Å². The number of imidazole rings is 1. The fraction of sp³-hybridized carbons (Fsp3) is 0.286. The van der Waals surface area contributed by atoms with Crippen LogP contribution in [0.25, 0.3) is 0 Å². The normalized spacial score (nSPS) is 9.62. The van der Waals surface area contributed by atoms with Crippen molar-refractivity contribution in [2.45, 2.75) is 6.54 Å². The highest BCUT2D eigenvalue weighted by atomic mass is 32.1. The Morgan fingerprint density at radius 1 is 1.85 bits per heavy atom. The van der Waals surface area contributed by atoms with Gasteiger partial charge >= 0.3 is 5.97 Å². The summed E-state index contributed by atoms with van der Waals surface area (Å²) in [5, 5.41) is 0. The number of thiocarbonyl (C=S) groups is 1. The van der Waals surface area contributed by atoms with Gasteiger partial charge in [0.15, 0.2) is 5.82 Å². The molecule has 0 saturated heterocycles. The van der Waals surface area contributed by atoms with Crippen molar-refractivity contribution in [3.05, 3.63) is 18.2 Å². The van der Waals surface area contributed by atoms with Crippen LogP contribution >= 0.6 is 12.2 Å². The van der Waals surface area contributed by atoms with Crippen LogP contribution in [0.4, 0.5) is 0 Å². The number of aromatic nitrogens is 2. The van der Waals surface area contributed by atoms with Gasteiger partial charge in [0.1, 0.15) is 11.5 Å². The van der Waals surface area contributed by atoms with Gasteiger partial charge < -0.3 is 15.0 Å². The zero-order valence-electron chi connectivity index (χ0n) is 7.06. The molecule has 0 aliphatic rings. The van der Waals surface area contributed by atoms with Crippen molar-refractivity contribution in [2.24, 2.45) is 5.73 Å². The smallest absolute Gasteiger partial charge is 0.325 e. The van der Waals surface area contributed by atoms with Crippen molar-refractivity contribution < 1.29 is 9.53 Å². The number of carbonyl (C=O) groups is 1. The number of esters is 1. The molecule has 0 aromatic carbocycles. The lowest BCUT2D eigenvalue weighted by atomic mass is 10.5. The van der Waals surface area contributed by atoms with Crippen molar-refractivity contribution in [3.63, 3.8) is 0 Å². The Hall–Kier alpha value is -1.43. The van der Waals surface area contributed by atoms with Gasteiger partial charge in [-0.25, -0.2) is 4.98 Å². The maximum absolute atomic E-state index is 10.9. The van der Waals surface area contributed by atoms with E-state index in [9.17, 15) is 4.79 Å². The molecular weight excluding hydrogens is 190 g/mol. The lowest BCUT2D eigenvalue weighted by Gasteiger charge is -2.03. The second-order valence-corrected chi connectivity index (χ2v) is 2.76. The van der Waals surface area contributed by atoms with E-state index >= 15 is 0 Å². The summed E-state index contributed by atoms with van der Waals surface area (Å²) in [6, 6.07) is 0. The van der Waals surface area contributed by atoms with Crippen LogP contribution in [0.3, 0.4) is 0 Å². The molecule has 0 aliphatic heterocycles. The van der Waals surface area contributed by atoms with Crippen LogP contribution < -0.4 is 5.73 Å². The summed E-state index contributed by atoms with van der Waals surface area (Å²) in [6.45, 7) is 0.0726. The molecule has 0 saturated carbocycles. The summed E-state index contributed by atoms with van der Waals surface area (Å²) >= 11 is 4.73. The molecule has 0 radical (unpaired) electrons. The van der Waals surface area contributed by atoms with Gasteiger partial charge in [0.2, 0.25) is 0 Å². The third kappa shape index (κ3) is 2.25. The molecule has 0 spiro atoms. The molecular formula is C7H9N3O2S. The van der Waals surface area contributed by atoms with Crippen LogP contribution in [0.15, 0.2) is 12.4 Å². The minimum absolute atomic E-state index is 0.0726. The van der Waals surface area contributed by atoms with Gasteiger partial charge in [0.05, 0.1) is 7.11 Å². The summed E-state index contributed by atoms with van der Waals surface area (Å²) < 4.78 is 6.02. The number of ether oxygens (including phenoxy) is 1. The topological polar surface area (TPSA) is 70.1 Å². The van der Waals surface area contributed by atoms with E-state index in [-0.39, 0.29) is 17.5 Å². The maximum atomic E-state index is 10.9. The highest BCUT2D eigenvalue weighted by molar-refractivity contribution is 7.80. The summed E-state index contributed by atoms with van der Waals surface area (Å²) in [6.07, 6.45) is 3.14. The second-order valence-electron chi connectivity index (χ2n) is 2.32. The zero-order chi connectivity index (χ0) is 9.84. The minimum atomic E-state index is -0.365. The molecule has 1 aromatic rings. The van der Waals surface area contributed by atoms with Crippen molar-refractivity contribution in [2.75, 3.05) is 7.11 Å². The Kier molecular flexibility index (Phi) is 2.97. The van der Waals surface area contributed by atoms with E-state index in [1.807, 2.05) is 0 Å². The van der Waals surface area contributed by atoms with Gasteiger partial charge in [0.25, 0.3) is 0 Å². The molecule has 6 heteroatoms. The predicted octanol–water partition coefficient (Wildman–Crippen LogP) is -0.310. The number of hydrogen-bond donors (Lipinski definition) is 1. The van der Waals surface area contributed by atoms with Crippen LogP contribution in [0.1, 0.15) is 5.82 Å². The molecule has 0 aliphatic carbocycles. The molecule has 2 N–H and O–H groups in total. The molecule has 0 atom stereocenters. The predicted molar refractivity (Wildman–Crippen MR) is 50.1 cm³/mol. The second kappa shape index (κ2) is 3.99. The fourth-order valence-electron chi connectivity index (χ4n) is 0.866. The standard InChI is InChI=1S/C7H9N3O2S/c1-12-5(11)4-10-3-2-9-7(10)6(8)13/h2-3H,4H2,1H3,(H2,8,13). The first-order valence-corrected chi connectivity index (χ1v) is 3.93. The van der Waals surface area contributed by atoms with E-state index < -0.39 is 0 Å². The van der Waals surface area contributed by atoms with E-state index in [1.165, 1.54) is 17.9 Å². The van der Waals surface area contributed by atoms with Gasteiger partial charge in [-0.1, -0.05) is 12.2 Å². The number of nitrogens with two attached hydrogens (primary N) is 1. The Morgan fingerprint density at radius 3 is 3.08 bits per heavy atom. The Labute approximate surface area is 80.5 Å². The van der Waals surface area contributed by atoms with Crippen LogP contribution in [-0.4, -0.2) is 27.6 Å². The summed E-state index contributed by atoms with van der Waals surface area (Å²) in [4.78, 5) is 15.0. The summed E-state index contributed by atoms with van der Waals surface area (Å²) in [5.74, 6) is 0.0518. The molecule has 1 aromatic heterocycles. The first-order chi connectivity index (χ1) is 6.15. The molecule has 13 heavy (non-hydrogen) atoms. The quantitative estimate of drug-likeness (QED) is 0.534. The molecule has 0 fully saturated rings. The number of methoxy groups -OCH3 is 1. The summed E-state index contributed by atoms with van der Waals surface area (Å²) in [5.41, 5.74) is 5.37. The van der Waals surface area contributed by atoms with E-state index in [2.05, 4.69) is 9.72 Å². The maximum Gasteiger partial charge on any atom is 0.325 e. The molecule has 0 bridgehead atoms. The van der Waals surface area contributed by atoms with E-state index in [4.69, 9.17) is 18.0 Å². The van der Waals surface area contributed by atoms with Crippen molar-refractivity contribution in [1.82, 2.24) is 9.55 Å². The van der Waals surface area contributed by atoms with Crippen LogP contribution in [0, 0.1) is 0 Å². The third-order valence-corrected chi connectivity index (χ3v) is 1.65. The molecule has 0 unspecified atom stereocenters. The van der Waals surface area contributed by atoms with Crippen LogP contribution in [-0.2, 0) is 16.1 Å². The fourth-order valence-corrected chi connectivity index (χ4v) is 1.04. The van der Waals surface area contributed by atoms with Crippen LogP contribution in [0.2, 0.25) is 0 Å². The van der Waals surface area contributed by atoms with E-state index in [0.717, 1.165) is 0 Å². The average molecular weight is 199 g/mol. The van der Waals surface area contributed by atoms with Gasteiger partial charge in [-0.3, -0.25) is 4.79 Å². The molecule has 0 amide bonds. The zero-order valence-corrected chi connectivity index (χ0v) is 7.87. The molecule has 5 nitrogen and oxygen atoms in total. The third-order valence-electron chi connectivity index (χ3n) is 1.46. The van der Waals surface area contributed by atoms with Gasteiger partial charge in [-0.05, 0) is 0 Å². The number of nitrogens with zero attached hydrogens (tertiary/aromatic N) is 2. The molecule has 1 rings (SSSR count). The van der Waals surface area contributed by atoms with Crippen molar-refractivity contribution in [1.29, 1.82) is 0 Å². The molecule has 1 heterocycles. The first-order valence-electron chi connectivity index (χ1n) is 3.53. The Bertz CT molecular complexity index is 334. The van der Waals surface area contributed by atoms with Crippen molar-refractivity contribution in [3.8, 4) is 0 Å². The lowest BCUT2D eigenvalue weighted by molar-refractivity contribution is -0.141. The van der Waals surface area contributed by atoms with Gasteiger partial charge in [-0.2, -0.15) is 0 Å². The van der Waals surface area contributed by atoms with Gasteiger partial charge in [-0.15, -0.1) is 0 Å². The van der Waals surface area contributed by atoms with Crippen molar-refractivity contribution >= 4 is 23.2 Å². The number of carbonyl (C=O) groups excluding carboxylic acids is 1. The Morgan fingerprint density at radius 2 is 2.54 bits per heavy atom. The minimum Gasteiger partial charge on any atom is -0.468 e. The highest BCUT2D eigenvalue weighted by Gasteiger charge is 2.08. The highest BCUT2D eigenvalue weighted by Crippen LogP contribution is 1.97. The number of hydrogen-bond acceptors (Lipinski definition) is 4. The number of rotatable bonds is 3. The summed E-state index contributed by atoms with van der Waals surface area (Å²) in [7, 11) is 1.32. The average Bonchev–Trinajstić information content (AvgIpc) is 2.52.